The van der Waals surface area contributed by atoms with E-state index in [1.54, 1.807) is 7.11 Å². The number of methoxy groups -OCH3 is 1. The number of carbonyl (C=O) groups is 1. The summed E-state index contributed by atoms with van der Waals surface area (Å²) >= 11 is 12.2. The van der Waals surface area contributed by atoms with E-state index in [9.17, 15) is 4.79 Å². The second-order valence-electron chi connectivity index (χ2n) is 7.49. The van der Waals surface area contributed by atoms with Gasteiger partial charge in [0.25, 0.3) is 0 Å². The molecule has 1 fully saturated rings. The smallest absolute Gasteiger partial charge is 0.249 e. The lowest BCUT2D eigenvalue weighted by Gasteiger charge is -2.45. The van der Waals surface area contributed by atoms with E-state index in [0.29, 0.717) is 11.6 Å². The molecule has 0 N–H and O–H groups in total. The number of amides is 1. The number of nitrogens with zero attached hydrogens (tertiary/aromatic N) is 1. The lowest BCUT2D eigenvalue weighted by atomic mass is 9.84. The van der Waals surface area contributed by atoms with E-state index < -0.39 is 0 Å². The second kappa shape index (κ2) is 9.25. The summed E-state index contributed by atoms with van der Waals surface area (Å²) in [5.74, 6) is 0.864. The minimum absolute atomic E-state index is 0.0184. The average Bonchev–Trinajstić information content (AvgIpc) is 2.77. The Balaban J connectivity index is 1.67. The monoisotopic (exact) mass is 443 g/mol. The first-order valence-corrected chi connectivity index (χ1v) is 10.6. The van der Waals surface area contributed by atoms with Gasteiger partial charge in [0, 0.05) is 22.5 Å². The largest absolute Gasteiger partial charge is 0.497 e. The first-order valence-electron chi connectivity index (χ1n) is 9.88. The molecule has 1 amide bonds. The van der Waals surface area contributed by atoms with Gasteiger partial charge in [-0.25, -0.2) is 0 Å². The van der Waals surface area contributed by atoms with E-state index in [-0.39, 0.29) is 30.6 Å². The maximum atomic E-state index is 13.0. The molecule has 1 saturated heterocycles. The lowest BCUT2D eigenvalue weighted by Crippen LogP contribution is -2.53. The summed E-state index contributed by atoms with van der Waals surface area (Å²) in [5, 5.41) is 1.39. The molecule has 1 heterocycles. The van der Waals surface area contributed by atoms with Crippen LogP contribution in [0, 0.1) is 5.92 Å². The van der Waals surface area contributed by atoms with Crippen LogP contribution in [0.15, 0.2) is 71.8 Å². The zero-order chi connectivity index (χ0) is 21.1. The topological polar surface area (TPSA) is 38.8 Å². The first-order chi connectivity index (χ1) is 14.5. The molecule has 0 bridgehead atoms. The normalized spacial score (nSPS) is 24.0. The van der Waals surface area contributed by atoms with Gasteiger partial charge >= 0.3 is 0 Å². The fraction of sp³-hybridized carbons (Fsp3) is 0.292. The third kappa shape index (κ3) is 4.56. The molecular weight excluding hydrogens is 421 g/mol. The average molecular weight is 444 g/mol. The molecule has 0 spiro atoms. The number of ether oxygens (including phenoxy) is 2. The van der Waals surface area contributed by atoms with Crippen LogP contribution in [-0.2, 0) is 16.1 Å². The summed E-state index contributed by atoms with van der Waals surface area (Å²) in [7, 11) is 1.64. The van der Waals surface area contributed by atoms with E-state index in [1.807, 2.05) is 65.6 Å². The van der Waals surface area contributed by atoms with Crippen molar-refractivity contribution in [2.75, 3.05) is 13.7 Å². The molecule has 0 saturated carbocycles. The Morgan fingerprint density at radius 2 is 1.83 bits per heavy atom. The fourth-order valence-electron chi connectivity index (χ4n) is 4.06. The number of rotatable bonds is 5. The molecule has 4 nitrogen and oxygen atoms in total. The van der Waals surface area contributed by atoms with Crippen LogP contribution in [0.4, 0.5) is 0 Å². The molecule has 1 unspecified atom stereocenters. The van der Waals surface area contributed by atoms with Gasteiger partial charge in [-0.05, 0) is 47.9 Å². The highest BCUT2D eigenvalue weighted by Crippen LogP contribution is 2.38. The van der Waals surface area contributed by atoms with E-state index in [1.165, 1.54) is 0 Å². The van der Waals surface area contributed by atoms with Crippen LogP contribution in [0.5, 0.6) is 5.75 Å². The molecule has 3 atom stereocenters. The van der Waals surface area contributed by atoms with Crippen LogP contribution in [0.1, 0.15) is 23.7 Å². The van der Waals surface area contributed by atoms with Crippen molar-refractivity contribution in [3.63, 3.8) is 0 Å². The summed E-state index contributed by atoms with van der Waals surface area (Å²) in [4.78, 5) is 14.9. The Labute approximate surface area is 186 Å². The van der Waals surface area contributed by atoms with Crippen molar-refractivity contribution in [2.45, 2.75) is 25.1 Å². The molecule has 2 aromatic carbocycles. The number of halogens is 2. The molecule has 4 rings (SSSR count). The minimum atomic E-state index is -0.252. The molecule has 1 aliphatic heterocycles. The van der Waals surface area contributed by atoms with Crippen LogP contribution >= 0.6 is 23.2 Å². The second-order valence-corrected chi connectivity index (χ2v) is 8.36. The highest BCUT2D eigenvalue weighted by molar-refractivity contribution is 6.31. The molecule has 2 aromatic rings. The summed E-state index contributed by atoms with van der Waals surface area (Å²) in [5.41, 5.74) is 2.05. The van der Waals surface area contributed by atoms with Crippen LogP contribution in [0.25, 0.3) is 0 Å². The van der Waals surface area contributed by atoms with Crippen LogP contribution in [-0.4, -0.2) is 30.6 Å². The summed E-state index contributed by atoms with van der Waals surface area (Å²) in [6, 6.07) is 15.3. The Kier molecular flexibility index (Phi) is 6.47. The molecule has 0 radical (unpaired) electrons. The first kappa shape index (κ1) is 21.0. The third-order valence-electron chi connectivity index (χ3n) is 5.61. The quantitative estimate of drug-likeness (QED) is 0.610. The predicted octanol–water partition coefficient (Wildman–Crippen LogP) is 5.52. The van der Waals surface area contributed by atoms with Gasteiger partial charge in [-0.15, -0.1) is 0 Å². The highest BCUT2D eigenvalue weighted by Gasteiger charge is 2.41. The van der Waals surface area contributed by atoms with E-state index >= 15 is 0 Å². The number of carbonyl (C=O) groups excluding carboxylic acids is 1. The molecule has 1 aliphatic carbocycles. The Bertz CT molecular complexity index is 953. The van der Waals surface area contributed by atoms with E-state index in [4.69, 9.17) is 32.7 Å². The summed E-state index contributed by atoms with van der Waals surface area (Å²) in [6.45, 7) is 0.551. The van der Waals surface area contributed by atoms with E-state index in [0.717, 1.165) is 28.3 Å². The number of morpholine rings is 1. The molecule has 2 aliphatic rings. The van der Waals surface area contributed by atoms with Gasteiger partial charge < -0.3 is 14.4 Å². The van der Waals surface area contributed by atoms with Gasteiger partial charge in [0.05, 0.1) is 13.2 Å². The molecule has 156 valence electrons. The number of benzene rings is 2. The van der Waals surface area contributed by atoms with Gasteiger partial charge in [0.2, 0.25) is 5.91 Å². The van der Waals surface area contributed by atoms with Crippen molar-refractivity contribution >= 4 is 29.1 Å². The fourth-order valence-corrected chi connectivity index (χ4v) is 4.35. The van der Waals surface area contributed by atoms with Gasteiger partial charge in [-0.3, -0.25) is 4.79 Å². The van der Waals surface area contributed by atoms with Crippen molar-refractivity contribution in [2.24, 2.45) is 5.92 Å². The van der Waals surface area contributed by atoms with Gasteiger partial charge in [0.15, 0.2) is 0 Å². The Hall–Kier alpha value is -2.27. The summed E-state index contributed by atoms with van der Waals surface area (Å²) < 4.78 is 11.3. The van der Waals surface area contributed by atoms with Crippen molar-refractivity contribution in [1.82, 2.24) is 4.90 Å². The van der Waals surface area contributed by atoms with Crippen molar-refractivity contribution in [3.8, 4) is 5.75 Å². The van der Waals surface area contributed by atoms with Gasteiger partial charge in [0.1, 0.15) is 18.5 Å². The maximum absolute atomic E-state index is 13.0. The van der Waals surface area contributed by atoms with Crippen LogP contribution in [0.3, 0.4) is 0 Å². The third-order valence-corrected chi connectivity index (χ3v) is 6.15. The zero-order valence-corrected chi connectivity index (χ0v) is 18.1. The maximum Gasteiger partial charge on any atom is 0.249 e. The molecule has 6 heteroatoms. The molecule has 0 aromatic heterocycles. The SMILES string of the molecule is COc1ccc(CN2C(=O)CO[C@@H](c3ccc(Cl)cc3)[C@H]2C2C=CC(Cl)=CC2)cc1. The number of allylic oxidation sites excluding steroid dienone is 3. The van der Waals surface area contributed by atoms with Crippen LogP contribution in [0.2, 0.25) is 5.02 Å². The predicted molar refractivity (Wildman–Crippen MR) is 119 cm³/mol. The molecular formula is C24H23Cl2NO3. The highest BCUT2D eigenvalue weighted by atomic mass is 35.5. The Morgan fingerprint density at radius 1 is 1.10 bits per heavy atom. The van der Waals surface area contributed by atoms with Gasteiger partial charge in [-0.2, -0.15) is 0 Å². The Morgan fingerprint density at radius 3 is 2.47 bits per heavy atom. The number of hydrogen-bond acceptors (Lipinski definition) is 3. The van der Waals surface area contributed by atoms with Crippen LogP contribution < -0.4 is 4.74 Å². The summed E-state index contributed by atoms with van der Waals surface area (Å²) in [6.07, 6.45) is 6.48. The lowest BCUT2D eigenvalue weighted by molar-refractivity contribution is -0.162. The van der Waals surface area contributed by atoms with Crippen molar-refractivity contribution in [3.05, 3.63) is 87.9 Å². The van der Waals surface area contributed by atoms with Crippen molar-refractivity contribution in [1.29, 1.82) is 0 Å². The van der Waals surface area contributed by atoms with Crippen molar-refractivity contribution < 1.29 is 14.3 Å². The molecule has 30 heavy (non-hydrogen) atoms. The standard InChI is InChI=1S/C24H23Cl2NO3/c1-29-21-12-2-16(3-13-21)14-27-22(28)15-30-24(18-6-10-20(26)11-7-18)23(27)17-4-8-19(25)9-5-17/h2-4,6-13,17,23-24H,5,14-15H2,1H3/t17?,23-,24+/m1/s1. The number of hydrogen-bond donors (Lipinski definition) is 0. The van der Waals surface area contributed by atoms with E-state index in [2.05, 4.69) is 6.08 Å². The van der Waals surface area contributed by atoms with Gasteiger partial charge in [-0.1, -0.05) is 59.6 Å². The zero-order valence-electron chi connectivity index (χ0n) is 16.6. The minimum Gasteiger partial charge on any atom is -0.497 e.